The summed E-state index contributed by atoms with van der Waals surface area (Å²) in [6.45, 7) is 4.38. The van der Waals surface area contributed by atoms with E-state index in [1.165, 1.54) is 0 Å². The lowest BCUT2D eigenvalue weighted by Crippen LogP contribution is -2.39. The lowest BCUT2D eigenvalue weighted by atomic mass is 9.96. The first-order valence-corrected chi connectivity index (χ1v) is 10.8. The van der Waals surface area contributed by atoms with Crippen LogP contribution in [0.4, 0.5) is 0 Å². The molecule has 9 nitrogen and oxygen atoms in total. The van der Waals surface area contributed by atoms with Crippen molar-refractivity contribution in [3.05, 3.63) is 17.7 Å². The standard InChI is InChI=1S/C22H37N5O4/c1-24-22(25-9-5-6-10-27-11-7-17(8-12-27)21(23)28)26-15-16-13-18(29-2)20(31-4)19(14-16)30-3/h13-14,17H,5-12,15H2,1-4H3,(H2,23,28)(H2,24,25,26). The monoisotopic (exact) mass is 435 g/mol. The summed E-state index contributed by atoms with van der Waals surface area (Å²) in [6, 6.07) is 3.84. The van der Waals surface area contributed by atoms with Crippen LogP contribution in [0.1, 0.15) is 31.2 Å². The quantitative estimate of drug-likeness (QED) is 0.273. The zero-order valence-corrected chi connectivity index (χ0v) is 19.2. The number of piperidine rings is 1. The van der Waals surface area contributed by atoms with E-state index >= 15 is 0 Å². The van der Waals surface area contributed by atoms with E-state index in [0.717, 1.165) is 63.4 Å². The smallest absolute Gasteiger partial charge is 0.220 e. The van der Waals surface area contributed by atoms with Gasteiger partial charge in [0.25, 0.3) is 0 Å². The maximum Gasteiger partial charge on any atom is 0.220 e. The zero-order chi connectivity index (χ0) is 22.6. The molecule has 1 saturated heterocycles. The molecule has 0 atom stereocenters. The van der Waals surface area contributed by atoms with Crippen LogP contribution < -0.4 is 30.6 Å². The Morgan fingerprint density at radius 1 is 1.10 bits per heavy atom. The number of primary amides is 1. The van der Waals surface area contributed by atoms with E-state index in [2.05, 4.69) is 20.5 Å². The number of likely N-dealkylation sites (tertiary alicyclic amines) is 1. The van der Waals surface area contributed by atoms with Crippen LogP contribution >= 0.6 is 0 Å². The molecule has 1 aliphatic rings. The Kier molecular flexibility index (Phi) is 10.2. The zero-order valence-electron chi connectivity index (χ0n) is 19.2. The Bertz CT molecular complexity index is 708. The number of nitrogens with two attached hydrogens (primary N) is 1. The van der Waals surface area contributed by atoms with Crippen molar-refractivity contribution in [2.45, 2.75) is 32.2 Å². The van der Waals surface area contributed by atoms with E-state index in [9.17, 15) is 4.79 Å². The highest BCUT2D eigenvalue weighted by Gasteiger charge is 2.22. The predicted molar refractivity (Wildman–Crippen MR) is 122 cm³/mol. The van der Waals surface area contributed by atoms with Gasteiger partial charge in [0, 0.05) is 26.1 Å². The van der Waals surface area contributed by atoms with Gasteiger partial charge < -0.3 is 35.5 Å². The molecule has 174 valence electrons. The second-order valence-corrected chi connectivity index (χ2v) is 7.61. The molecule has 9 heteroatoms. The van der Waals surface area contributed by atoms with Crippen molar-refractivity contribution < 1.29 is 19.0 Å². The molecule has 1 heterocycles. The summed E-state index contributed by atoms with van der Waals surface area (Å²) in [5.41, 5.74) is 6.39. The van der Waals surface area contributed by atoms with Crippen molar-refractivity contribution in [2.75, 3.05) is 54.6 Å². The predicted octanol–water partition coefficient (Wildman–Crippen LogP) is 1.35. The van der Waals surface area contributed by atoms with Crippen molar-refractivity contribution in [3.63, 3.8) is 0 Å². The summed E-state index contributed by atoms with van der Waals surface area (Å²) < 4.78 is 16.2. The number of methoxy groups -OCH3 is 3. The topological polar surface area (TPSA) is 110 Å². The number of ether oxygens (including phenoxy) is 3. The van der Waals surface area contributed by atoms with E-state index in [-0.39, 0.29) is 11.8 Å². The number of carbonyl (C=O) groups excluding carboxylic acids is 1. The first-order chi connectivity index (χ1) is 15.0. The van der Waals surface area contributed by atoms with Gasteiger partial charge in [-0.2, -0.15) is 0 Å². The summed E-state index contributed by atoms with van der Waals surface area (Å²) in [4.78, 5) is 18.0. The number of nitrogens with zero attached hydrogens (tertiary/aromatic N) is 2. The molecule has 0 unspecified atom stereocenters. The molecule has 0 radical (unpaired) electrons. The average Bonchev–Trinajstić information content (AvgIpc) is 2.80. The van der Waals surface area contributed by atoms with Crippen LogP contribution in [0.25, 0.3) is 0 Å². The van der Waals surface area contributed by atoms with E-state index in [1.54, 1.807) is 28.4 Å². The molecule has 0 saturated carbocycles. The lowest BCUT2D eigenvalue weighted by molar-refractivity contribution is -0.123. The van der Waals surface area contributed by atoms with Gasteiger partial charge in [0.2, 0.25) is 11.7 Å². The number of benzene rings is 1. The van der Waals surface area contributed by atoms with Crippen molar-refractivity contribution in [3.8, 4) is 17.2 Å². The molecule has 1 aromatic rings. The Morgan fingerprint density at radius 2 is 1.74 bits per heavy atom. The summed E-state index contributed by atoms with van der Waals surface area (Å²) in [6.07, 6.45) is 3.90. The van der Waals surface area contributed by atoms with Crippen molar-refractivity contribution >= 4 is 11.9 Å². The number of nitrogens with one attached hydrogen (secondary N) is 2. The fourth-order valence-electron chi connectivity index (χ4n) is 3.75. The molecule has 0 bridgehead atoms. The van der Waals surface area contributed by atoms with Crippen LogP contribution in [0.15, 0.2) is 17.1 Å². The first-order valence-electron chi connectivity index (χ1n) is 10.8. The number of rotatable bonds is 11. The molecule has 0 spiro atoms. The van der Waals surface area contributed by atoms with Crippen LogP contribution in [0.2, 0.25) is 0 Å². The third-order valence-electron chi connectivity index (χ3n) is 5.59. The Hall–Kier alpha value is -2.68. The molecule has 0 aromatic heterocycles. The van der Waals surface area contributed by atoms with Gasteiger partial charge in [-0.3, -0.25) is 9.79 Å². The number of carbonyl (C=O) groups is 1. The highest BCUT2D eigenvalue weighted by atomic mass is 16.5. The van der Waals surface area contributed by atoms with Gasteiger partial charge >= 0.3 is 0 Å². The van der Waals surface area contributed by atoms with E-state index in [0.29, 0.717) is 23.8 Å². The van der Waals surface area contributed by atoms with Gasteiger partial charge in [0.05, 0.1) is 21.3 Å². The SMILES string of the molecule is CN=C(NCCCCN1CCC(C(N)=O)CC1)NCc1cc(OC)c(OC)c(OC)c1. The third-order valence-corrected chi connectivity index (χ3v) is 5.59. The Labute approximate surface area is 185 Å². The maximum absolute atomic E-state index is 11.2. The van der Waals surface area contributed by atoms with Crippen LogP contribution in [-0.2, 0) is 11.3 Å². The highest BCUT2D eigenvalue weighted by molar-refractivity contribution is 5.79. The number of hydrogen-bond donors (Lipinski definition) is 3. The number of guanidine groups is 1. The van der Waals surface area contributed by atoms with Crippen LogP contribution in [0.5, 0.6) is 17.2 Å². The molecule has 1 aliphatic heterocycles. The lowest BCUT2D eigenvalue weighted by Gasteiger charge is -2.30. The van der Waals surface area contributed by atoms with Gasteiger partial charge in [-0.25, -0.2) is 0 Å². The molecule has 1 fully saturated rings. The molecule has 31 heavy (non-hydrogen) atoms. The minimum absolute atomic E-state index is 0.0537. The molecular weight excluding hydrogens is 398 g/mol. The summed E-state index contributed by atoms with van der Waals surface area (Å²) in [5, 5.41) is 6.67. The number of amides is 1. The van der Waals surface area contributed by atoms with Crippen LogP contribution in [0.3, 0.4) is 0 Å². The molecule has 1 aromatic carbocycles. The largest absolute Gasteiger partial charge is 0.493 e. The van der Waals surface area contributed by atoms with Gasteiger partial charge in [-0.05, 0) is 63.0 Å². The summed E-state index contributed by atoms with van der Waals surface area (Å²) in [5.74, 6) is 2.47. The normalized spacial score (nSPS) is 15.4. The summed E-state index contributed by atoms with van der Waals surface area (Å²) in [7, 11) is 6.56. The van der Waals surface area contributed by atoms with Crippen molar-refractivity contribution in [1.82, 2.24) is 15.5 Å². The van der Waals surface area contributed by atoms with Gasteiger partial charge in [0.15, 0.2) is 17.5 Å². The fraction of sp³-hybridized carbons (Fsp3) is 0.636. The maximum atomic E-state index is 11.2. The molecular formula is C22H37N5O4. The van der Waals surface area contributed by atoms with Crippen molar-refractivity contribution in [1.29, 1.82) is 0 Å². The number of unbranched alkanes of at least 4 members (excludes halogenated alkanes) is 1. The van der Waals surface area contributed by atoms with Gasteiger partial charge in [0.1, 0.15) is 0 Å². The minimum Gasteiger partial charge on any atom is -0.493 e. The van der Waals surface area contributed by atoms with Crippen molar-refractivity contribution in [2.24, 2.45) is 16.6 Å². The fourth-order valence-corrected chi connectivity index (χ4v) is 3.75. The van der Waals surface area contributed by atoms with E-state index < -0.39 is 0 Å². The molecule has 0 aliphatic carbocycles. The number of hydrogen-bond acceptors (Lipinski definition) is 6. The van der Waals surface area contributed by atoms with Gasteiger partial charge in [-0.1, -0.05) is 0 Å². The van der Waals surface area contributed by atoms with E-state index in [4.69, 9.17) is 19.9 Å². The Balaban J connectivity index is 1.70. The number of aliphatic imine (C=N–C) groups is 1. The first kappa shape index (κ1) is 24.6. The van der Waals surface area contributed by atoms with Crippen LogP contribution in [0, 0.1) is 5.92 Å². The second-order valence-electron chi connectivity index (χ2n) is 7.61. The molecule has 4 N–H and O–H groups in total. The summed E-state index contributed by atoms with van der Waals surface area (Å²) >= 11 is 0. The van der Waals surface area contributed by atoms with Crippen LogP contribution in [-0.4, -0.2) is 71.3 Å². The highest BCUT2D eigenvalue weighted by Crippen LogP contribution is 2.38. The molecule has 1 amide bonds. The third kappa shape index (κ3) is 7.50. The van der Waals surface area contributed by atoms with Gasteiger partial charge in [-0.15, -0.1) is 0 Å². The minimum atomic E-state index is -0.158. The molecule has 2 rings (SSSR count). The Morgan fingerprint density at radius 3 is 2.26 bits per heavy atom. The second kappa shape index (κ2) is 12.9. The average molecular weight is 436 g/mol. The van der Waals surface area contributed by atoms with E-state index in [1.807, 2.05) is 12.1 Å².